The third kappa shape index (κ3) is 2.92. The van der Waals surface area contributed by atoms with Gasteiger partial charge in [-0.2, -0.15) is 0 Å². The molecule has 1 aliphatic carbocycles. The minimum absolute atomic E-state index is 0.0274. The van der Waals surface area contributed by atoms with Crippen molar-refractivity contribution in [2.24, 2.45) is 0 Å². The monoisotopic (exact) mass is 237 g/mol. The van der Waals surface area contributed by atoms with Gasteiger partial charge in [0, 0.05) is 37.2 Å². The zero-order chi connectivity index (χ0) is 12.1. The van der Waals surface area contributed by atoms with Crippen LogP contribution >= 0.6 is 0 Å². The SMILES string of the molecule is OCCCN(c1ncc(CO)cn1)C1CCC1. The highest BCUT2D eigenvalue weighted by Gasteiger charge is 2.26. The Hall–Kier alpha value is -1.20. The number of aliphatic hydroxyl groups is 2. The largest absolute Gasteiger partial charge is 0.396 e. The van der Waals surface area contributed by atoms with Crippen LogP contribution in [0, 0.1) is 0 Å². The van der Waals surface area contributed by atoms with E-state index in [2.05, 4.69) is 14.9 Å². The summed E-state index contributed by atoms with van der Waals surface area (Å²) in [6, 6.07) is 0.515. The van der Waals surface area contributed by atoms with Gasteiger partial charge >= 0.3 is 0 Å². The topological polar surface area (TPSA) is 69.5 Å². The van der Waals surface area contributed by atoms with Crippen molar-refractivity contribution in [2.45, 2.75) is 38.3 Å². The summed E-state index contributed by atoms with van der Waals surface area (Å²) < 4.78 is 0. The Morgan fingerprint density at radius 3 is 2.41 bits per heavy atom. The maximum atomic E-state index is 8.95. The van der Waals surface area contributed by atoms with Gasteiger partial charge in [0.15, 0.2) is 0 Å². The smallest absolute Gasteiger partial charge is 0.225 e. The summed E-state index contributed by atoms with van der Waals surface area (Å²) >= 11 is 0. The van der Waals surface area contributed by atoms with Gasteiger partial charge in [0.25, 0.3) is 0 Å². The summed E-state index contributed by atoms with van der Waals surface area (Å²) in [7, 11) is 0. The zero-order valence-corrected chi connectivity index (χ0v) is 9.92. The van der Waals surface area contributed by atoms with Gasteiger partial charge < -0.3 is 15.1 Å². The van der Waals surface area contributed by atoms with Crippen molar-refractivity contribution in [1.29, 1.82) is 0 Å². The second-order valence-corrected chi connectivity index (χ2v) is 4.40. The van der Waals surface area contributed by atoms with Crippen molar-refractivity contribution in [1.82, 2.24) is 9.97 Å². The number of aromatic nitrogens is 2. The molecule has 1 aliphatic rings. The zero-order valence-electron chi connectivity index (χ0n) is 9.92. The first-order valence-electron chi connectivity index (χ1n) is 6.14. The molecule has 0 atom stereocenters. The van der Waals surface area contributed by atoms with Crippen molar-refractivity contribution in [3.63, 3.8) is 0 Å². The van der Waals surface area contributed by atoms with Gasteiger partial charge in [-0.05, 0) is 25.7 Å². The summed E-state index contributed by atoms with van der Waals surface area (Å²) in [6.45, 7) is 0.956. The van der Waals surface area contributed by atoms with Gasteiger partial charge in [0.05, 0.1) is 6.61 Å². The molecule has 0 unspecified atom stereocenters. The lowest BCUT2D eigenvalue weighted by Crippen LogP contribution is -2.42. The van der Waals surface area contributed by atoms with Crippen molar-refractivity contribution in [3.8, 4) is 0 Å². The summed E-state index contributed by atoms with van der Waals surface area (Å²) in [5.41, 5.74) is 0.726. The van der Waals surface area contributed by atoms with Gasteiger partial charge in [-0.3, -0.25) is 0 Å². The van der Waals surface area contributed by atoms with Crippen LogP contribution in [0.25, 0.3) is 0 Å². The molecule has 1 aromatic heterocycles. The number of anilines is 1. The maximum absolute atomic E-state index is 8.95. The van der Waals surface area contributed by atoms with Gasteiger partial charge in [-0.1, -0.05) is 0 Å². The Morgan fingerprint density at radius 1 is 1.24 bits per heavy atom. The number of nitrogens with zero attached hydrogens (tertiary/aromatic N) is 3. The van der Waals surface area contributed by atoms with Crippen LogP contribution in [0.15, 0.2) is 12.4 Å². The second-order valence-electron chi connectivity index (χ2n) is 4.40. The van der Waals surface area contributed by atoms with E-state index in [1.54, 1.807) is 12.4 Å². The number of hydrogen-bond acceptors (Lipinski definition) is 5. The summed E-state index contributed by atoms with van der Waals surface area (Å²) in [5.74, 6) is 0.709. The van der Waals surface area contributed by atoms with Gasteiger partial charge in [0.1, 0.15) is 0 Å². The van der Waals surface area contributed by atoms with E-state index in [0.29, 0.717) is 12.0 Å². The molecule has 0 spiro atoms. The van der Waals surface area contributed by atoms with Crippen molar-refractivity contribution in [3.05, 3.63) is 18.0 Å². The molecule has 5 heteroatoms. The van der Waals surface area contributed by atoms with Crippen LogP contribution in [-0.2, 0) is 6.61 Å². The van der Waals surface area contributed by atoms with Gasteiger partial charge in [-0.15, -0.1) is 0 Å². The fraction of sp³-hybridized carbons (Fsp3) is 0.667. The average molecular weight is 237 g/mol. The molecule has 0 saturated heterocycles. The van der Waals surface area contributed by atoms with Crippen LogP contribution in [0.3, 0.4) is 0 Å². The molecule has 1 heterocycles. The van der Waals surface area contributed by atoms with E-state index in [1.807, 2.05) is 0 Å². The van der Waals surface area contributed by atoms with Crippen LogP contribution in [0.1, 0.15) is 31.2 Å². The molecule has 2 N–H and O–H groups in total. The molecule has 5 nitrogen and oxygen atoms in total. The Morgan fingerprint density at radius 2 is 1.94 bits per heavy atom. The van der Waals surface area contributed by atoms with E-state index >= 15 is 0 Å². The van der Waals surface area contributed by atoms with E-state index in [9.17, 15) is 0 Å². The van der Waals surface area contributed by atoms with Crippen LogP contribution in [-0.4, -0.2) is 39.4 Å². The number of hydrogen-bond donors (Lipinski definition) is 2. The second kappa shape index (κ2) is 5.93. The standard InChI is InChI=1S/C12H19N3O2/c16-6-2-5-15(11-3-1-4-11)12-13-7-10(9-17)8-14-12/h7-8,11,16-17H,1-6,9H2. The lowest BCUT2D eigenvalue weighted by atomic mass is 9.91. The third-order valence-electron chi connectivity index (χ3n) is 3.20. The lowest BCUT2D eigenvalue weighted by molar-refractivity contribution is 0.280. The molecular formula is C12H19N3O2. The molecule has 0 bridgehead atoms. The first-order chi connectivity index (χ1) is 8.35. The molecule has 0 aliphatic heterocycles. The number of aliphatic hydroxyl groups excluding tert-OH is 2. The van der Waals surface area contributed by atoms with Crippen molar-refractivity contribution in [2.75, 3.05) is 18.1 Å². The van der Waals surface area contributed by atoms with E-state index in [4.69, 9.17) is 10.2 Å². The van der Waals surface area contributed by atoms with Crippen LogP contribution < -0.4 is 4.90 Å². The van der Waals surface area contributed by atoms with Crippen molar-refractivity contribution < 1.29 is 10.2 Å². The van der Waals surface area contributed by atoms with Crippen LogP contribution in [0.5, 0.6) is 0 Å². The fourth-order valence-electron chi connectivity index (χ4n) is 1.96. The average Bonchev–Trinajstić information content (AvgIpc) is 2.32. The maximum Gasteiger partial charge on any atom is 0.225 e. The van der Waals surface area contributed by atoms with Gasteiger partial charge in [0.2, 0.25) is 5.95 Å². The molecule has 0 aromatic carbocycles. The Bertz CT molecular complexity index is 338. The highest BCUT2D eigenvalue weighted by atomic mass is 16.3. The minimum Gasteiger partial charge on any atom is -0.396 e. The fourth-order valence-corrected chi connectivity index (χ4v) is 1.96. The van der Waals surface area contributed by atoms with E-state index in [0.717, 1.165) is 18.5 Å². The van der Waals surface area contributed by atoms with Crippen LogP contribution in [0.4, 0.5) is 5.95 Å². The van der Waals surface area contributed by atoms with E-state index in [1.165, 1.54) is 19.3 Å². The first-order valence-corrected chi connectivity index (χ1v) is 6.14. The van der Waals surface area contributed by atoms with E-state index in [-0.39, 0.29) is 13.2 Å². The van der Waals surface area contributed by atoms with Gasteiger partial charge in [-0.25, -0.2) is 9.97 Å². The van der Waals surface area contributed by atoms with Crippen LogP contribution in [0.2, 0.25) is 0 Å². The Labute approximate surface area is 101 Å². The molecule has 94 valence electrons. The predicted octanol–water partition coefficient (Wildman–Crippen LogP) is 0.710. The molecule has 1 aromatic rings. The first kappa shape index (κ1) is 12.3. The van der Waals surface area contributed by atoms with Crippen molar-refractivity contribution >= 4 is 5.95 Å². The Balaban J connectivity index is 2.06. The minimum atomic E-state index is -0.0274. The van der Waals surface area contributed by atoms with E-state index < -0.39 is 0 Å². The molecular weight excluding hydrogens is 218 g/mol. The molecule has 0 radical (unpaired) electrons. The quantitative estimate of drug-likeness (QED) is 0.762. The predicted molar refractivity (Wildman–Crippen MR) is 64.6 cm³/mol. The molecule has 2 rings (SSSR count). The molecule has 1 saturated carbocycles. The highest BCUT2D eigenvalue weighted by Crippen LogP contribution is 2.27. The Kier molecular flexibility index (Phi) is 4.28. The highest BCUT2D eigenvalue weighted by molar-refractivity contribution is 5.32. The summed E-state index contributed by atoms with van der Waals surface area (Å²) in [4.78, 5) is 10.7. The third-order valence-corrected chi connectivity index (χ3v) is 3.20. The molecule has 17 heavy (non-hydrogen) atoms. The molecule has 0 amide bonds. The normalized spacial score (nSPS) is 15.6. The summed E-state index contributed by atoms with van der Waals surface area (Å²) in [5, 5.41) is 17.9. The summed E-state index contributed by atoms with van der Waals surface area (Å²) in [6.07, 6.45) is 7.67. The number of rotatable bonds is 6. The molecule has 1 fully saturated rings. The lowest BCUT2D eigenvalue weighted by Gasteiger charge is -2.37.